The van der Waals surface area contributed by atoms with Crippen LogP contribution in [-0.2, 0) is 0 Å². The molecule has 4 nitrogen and oxygen atoms in total. The molecule has 2 aromatic rings. The molecule has 19 heavy (non-hydrogen) atoms. The zero-order chi connectivity index (χ0) is 13.7. The molecule has 4 N–H and O–H groups in total. The molecule has 0 amide bonds. The molecule has 0 saturated heterocycles. The number of nitrogens with two attached hydrogens (primary N) is 1. The molecule has 2 aromatic carbocycles. The van der Waals surface area contributed by atoms with Gasteiger partial charge >= 0.3 is 0 Å². The average Bonchev–Trinajstić information content (AvgIpc) is 2.43. The summed E-state index contributed by atoms with van der Waals surface area (Å²) in [7, 11) is 0. The Hall–Kier alpha value is -2.20. The Morgan fingerprint density at radius 3 is 2.21 bits per heavy atom. The van der Waals surface area contributed by atoms with E-state index in [4.69, 9.17) is 10.5 Å². The van der Waals surface area contributed by atoms with Gasteiger partial charge < -0.3 is 20.7 Å². The Morgan fingerprint density at radius 2 is 1.58 bits per heavy atom. The molecule has 100 valence electrons. The van der Waals surface area contributed by atoms with E-state index in [1.807, 2.05) is 12.1 Å². The molecule has 0 aromatic heterocycles. The van der Waals surface area contributed by atoms with Gasteiger partial charge in [-0.15, -0.1) is 0 Å². The second-order valence-corrected chi connectivity index (χ2v) is 4.27. The van der Waals surface area contributed by atoms with Crippen molar-refractivity contribution in [3.8, 4) is 17.2 Å². The third kappa shape index (κ3) is 3.17. The van der Waals surface area contributed by atoms with Gasteiger partial charge in [0.25, 0.3) is 0 Å². The molecule has 1 unspecified atom stereocenters. The summed E-state index contributed by atoms with van der Waals surface area (Å²) in [5.74, 6) is 0.589. The summed E-state index contributed by atoms with van der Waals surface area (Å²) in [6.45, 7) is 0.650. The third-order valence-corrected chi connectivity index (χ3v) is 2.97. The summed E-state index contributed by atoms with van der Waals surface area (Å²) in [6, 6.07) is 13.8. The topological polar surface area (TPSA) is 75.7 Å². The Labute approximate surface area is 112 Å². The van der Waals surface area contributed by atoms with E-state index < -0.39 is 0 Å². The fourth-order valence-corrected chi connectivity index (χ4v) is 1.89. The highest BCUT2D eigenvalue weighted by atomic mass is 16.5. The van der Waals surface area contributed by atoms with Crippen LogP contribution >= 0.6 is 0 Å². The number of aromatic hydroxyl groups is 2. The number of phenols is 2. The van der Waals surface area contributed by atoms with E-state index >= 15 is 0 Å². The zero-order valence-electron chi connectivity index (χ0n) is 10.5. The highest BCUT2D eigenvalue weighted by Crippen LogP contribution is 2.28. The van der Waals surface area contributed by atoms with Gasteiger partial charge in [0, 0.05) is 18.0 Å². The fourth-order valence-electron chi connectivity index (χ4n) is 1.89. The molecule has 0 spiro atoms. The van der Waals surface area contributed by atoms with Crippen LogP contribution in [0.3, 0.4) is 0 Å². The minimum atomic E-state index is -0.124. The lowest BCUT2D eigenvalue weighted by Gasteiger charge is -2.17. The molecular formula is C15H17NO3. The number of ether oxygens (including phenoxy) is 1. The largest absolute Gasteiger partial charge is 0.508 e. The molecule has 0 aliphatic carbocycles. The van der Waals surface area contributed by atoms with Gasteiger partial charge in [0.1, 0.15) is 5.75 Å². The first-order valence-electron chi connectivity index (χ1n) is 6.11. The van der Waals surface area contributed by atoms with Crippen LogP contribution in [0.25, 0.3) is 0 Å². The van der Waals surface area contributed by atoms with Gasteiger partial charge in [-0.1, -0.05) is 30.3 Å². The van der Waals surface area contributed by atoms with Crippen molar-refractivity contribution in [2.45, 2.75) is 5.92 Å². The van der Waals surface area contributed by atoms with Gasteiger partial charge in [0.2, 0.25) is 0 Å². The highest BCUT2D eigenvalue weighted by molar-refractivity contribution is 5.39. The SMILES string of the molecule is NCC(COc1ccccc1O)c1ccccc1O. The maximum Gasteiger partial charge on any atom is 0.160 e. The molecule has 0 radical (unpaired) electrons. The zero-order valence-corrected chi connectivity index (χ0v) is 10.5. The number of benzene rings is 2. The van der Waals surface area contributed by atoms with Crippen LogP contribution in [0.4, 0.5) is 0 Å². The molecule has 2 rings (SSSR count). The number of phenolic OH excluding ortho intramolecular Hbond substituents is 2. The van der Waals surface area contributed by atoms with Crippen LogP contribution < -0.4 is 10.5 Å². The van der Waals surface area contributed by atoms with E-state index in [1.54, 1.807) is 36.4 Å². The first kappa shape index (κ1) is 13.2. The lowest BCUT2D eigenvalue weighted by molar-refractivity contribution is 0.274. The lowest BCUT2D eigenvalue weighted by Crippen LogP contribution is -2.19. The first-order valence-corrected chi connectivity index (χ1v) is 6.11. The van der Waals surface area contributed by atoms with Crippen LogP contribution in [0, 0.1) is 0 Å². The van der Waals surface area contributed by atoms with E-state index in [9.17, 15) is 10.2 Å². The Kier molecular flexibility index (Phi) is 4.26. The van der Waals surface area contributed by atoms with Gasteiger partial charge in [0.05, 0.1) is 6.61 Å². The quantitative estimate of drug-likeness (QED) is 0.769. The minimum Gasteiger partial charge on any atom is -0.508 e. The number of hydrogen-bond acceptors (Lipinski definition) is 4. The second kappa shape index (κ2) is 6.11. The summed E-state index contributed by atoms with van der Waals surface area (Å²) in [5.41, 5.74) is 6.47. The van der Waals surface area contributed by atoms with Gasteiger partial charge in [0.15, 0.2) is 11.5 Å². The molecule has 0 saturated carbocycles. The van der Waals surface area contributed by atoms with E-state index in [0.29, 0.717) is 18.9 Å². The minimum absolute atomic E-state index is 0.0931. The van der Waals surface area contributed by atoms with Crippen molar-refractivity contribution >= 4 is 0 Å². The van der Waals surface area contributed by atoms with Crippen molar-refractivity contribution < 1.29 is 14.9 Å². The normalized spacial score (nSPS) is 12.1. The third-order valence-electron chi connectivity index (χ3n) is 2.97. The van der Waals surface area contributed by atoms with Crippen molar-refractivity contribution in [1.29, 1.82) is 0 Å². The summed E-state index contributed by atoms with van der Waals surface area (Å²) in [5, 5.41) is 19.4. The number of para-hydroxylation sites is 3. The summed E-state index contributed by atoms with van der Waals surface area (Å²) >= 11 is 0. The van der Waals surface area contributed by atoms with Gasteiger partial charge in [-0.05, 0) is 18.2 Å². The lowest BCUT2D eigenvalue weighted by atomic mass is 9.99. The molecule has 0 fully saturated rings. The highest BCUT2D eigenvalue weighted by Gasteiger charge is 2.15. The maximum absolute atomic E-state index is 9.80. The first-order chi connectivity index (χ1) is 9.22. The van der Waals surface area contributed by atoms with Crippen molar-refractivity contribution in [1.82, 2.24) is 0 Å². The number of hydrogen-bond donors (Lipinski definition) is 3. The Morgan fingerprint density at radius 1 is 0.947 bits per heavy atom. The standard InChI is InChI=1S/C15H17NO3/c16-9-11(12-5-1-2-6-13(12)17)10-19-15-8-4-3-7-14(15)18/h1-8,11,17-18H,9-10,16H2. The second-order valence-electron chi connectivity index (χ2n) is 4.27. The molecule has 0 aliphatic rings. The van der Waals surface area contributed by atoms with Crippen LogP contribution in [0.2, 0.25) is 0 Å². The molecular weight excluding hydrogens is 242 g/mol. The van der Waals surface area contributed by atoms with E-state index in [1.165, 1.54) is 0 Å². The average molecular weight is 259 g/mol. The summed E-state index contributed by atoms with van der Waals surface area (Å²) in [6.07, 6.45) is 0. The van der Waals surface area contributed by atoms with Gasteiger partial charge in [-0.2, -0.15) is 0 Å². The van der Waals surface area contributed by atoms with Crippen LogP contribution in [0.1, 0.15) is 11.5 Å². The van der Waals surface area contributed by atoms with Crippen LogP contribution in [0.15, 0.2) is 48.5 Å². The van der Waals surface area contributed by atoms with E-state index in [0.717, 1.165) is 5.56 Å². The molecule has 1 atom stereocenters. The predicted molar refractivity (Wildman–Crippen MR) is 73.5 cm³/mol. The number of rotatable bonds is 5. The van der Waals surface area contributed by atoms with Crippen molar-refractivity contribution in [2.75, 3.05) is 13.2 Å². The van der Waals surface area contributed by atoms with Crippen LogP contribution in [-0.4, -0.2) is 23.4 Å². The van der Waals surface area contributed by atoms with E-state index in [-0.39, 0.29) is 17.4 Å². The smallest absolute Gasteiger partial charge is 0.160 e. The van der Waals surface area contributed by atoms with Gasteiger partial charge in [-0.25, -0.2) is 0 Å². The molecule has 0 bridgehead atoms. The molecule has 0 aliphatic heterocycles. The molecule has 4 heteroatoms. The fraction of sp³-hybridized carbons (Fsp3) is 0.200. The van der Waals surface area contributed by atoms with E-state index in [2.05, 4.69) is 0 Å². The van der Waals surface area contributed by atoms with Crippen LogP contribution in [0.5, 0.6) is 17.2 Å². The summed E-state index contributed by atoms with van der Waals surface area (Å²) < 4.78 is 5.56. The monoisotopic (exact) mass is 259 g/mol. The molecule has 0 heterocycles. The Balaban J connectivity index is 2.09. The predicted octanol–water partition coefficient (Wildman–Crippen LogP) is 2.22. The summed E-state index contributed by atoms with van der Waals surface area (Å²) in [4.78, 5) is 0. The maximum atomic E-state index is 9.80. The van der Waals surface area contributed by atoms with Gasteiger partial charge in [-0.3, -0.25) is 0 Å². The Bertz CT molecular complexity index is 542. The van der Waals surface area contributed by atoms with Crippen molar-refractivity contribution in [3.63, 3.8) is 0 Å². The van der Waals surface area contributed by atoms with Crippen molar-refractivity contribution in [3.05, 3.63) is 54.1 Å². The van der Waals surface area contributed by atoms with Crippen molar-refractivity contribution in [2.24, 2.45) is 5.73 Å².